The molecule has 0 radical (unpaired) electrons. The number of aromatic carboxylic acids is 1. The molecule has 0 bridgehead atoms. The predicted molar refractivity (Wildman–Crippen MR) is 127 cm³/mol. The summed E-state index contributed by atoms with van der Waals surface area (Å²) in [5.74, 6) is -1.38. The fraction of sp³-hybridized carbons (Fsp3) is 0.217. The number of nitrogen functional groups attached to an aromatic ring is 1. The number of halogens is 3. The van der Waals surface area contributed by atoms with Gasteiger partial charge >= 0.3 is 5.97 Å². The standard InChI is InChI=1S/C23H20Cl2FN5O3/c1-10(2)34-19-13(11(3)22-30-20(25)18-21(27)28-6-7-31(18)22)8-14(24)17(26)16(19)12-4-5-15(23(32)33)29-9-12/h4-11H,1-3H3,(H2,27,28)(H,32,33). The van der Waals surface area contributed by atoms with Crippen LogP contribution in [0.25, 0.3) is 16.6 Å². The quantitative estimate of drug-likeness (QED) is 0.358. The van der Waals surface area contributed by atoms with Crippen molar-refractivity contribution in [3.05, 3.63) is 69.9 Å². The first-order chi connectivity index (χ1) is 16.1. The van der Waals surface area contributed by atoms with Crippen LogP contribution in [0.1, 0.15) is 48.6 Å². The van der Waals surface area contributed by atoms with Crippen molar-refractivity contribution in [1.82, 2.24) is 19.4 Å². The lowest BCUT2D eigenvalue weighted by Gasteiger charge is -2.23. The maximum absolute atomic E-state index is 15.4. The van der Waals surface area contributed by atoms with E-state index in [-0.39, 0.29) is 39.1 Å². The average Bonchev–Trinajstić information content (AvgIpc) is 3.13. The fourth-order valence-corrected chi connectivity index (χ4v) is 4.21. The molecule has 3 aromatic heterocycles. The Hall–Kier alpha value is -3.43. The molecule has 11 heteroatoms. The first kappa shape index (κ1) is 23.7. The van der Waals surface area contributed by atoms with Crippen LogP contribution in [0.15, 0.2) is 36.8 Å². The Labute approximate surface area is 204 Å². The zero-order chi connectivity index (χ0) is 24.7. The Bertz CT molecular complexity index is 1410. The van der Waals surface area contributed by atoms with Crippen LogP contribution >= 0.6 is 23.2 Å². The van der Waals surface area contributed by atoms with Crippen molar-refractivity contribution in [2.24, 2.45) is 0 Å². The maximum atomic E-state index is 15.4. The van der Waals surface area contributed by atoms with Crippen LogP contribution in [0.3, 0.4) is 0 Å². The molecule has 0 aliphatic carbocycles. The van der Waals surface area contributed by atoms with E-state index in [9.17, 15) is 4.79 Å². The lowest BCUT2D eigenvalue weighted by Crippen LogP contribution is -2.13. The number of fused-ring (bicyclic) bond motifs is 1. The van der Waals surface area contributed by atoms with Gasteiger partial charge in [0.15, 0.2) is 16.8 Å². The van der Waals surface area contributed by atoms with Crippen LogP contribution < -0.4 is 10.5 Å². The van der Waals surface area contributed by atoms with Crippen LogP contribution in [-0.2, 0) is 0 Å². The first-order valence-electron chi connectivity index (χ1n) is 10.3. The minimum Gasteiger partial charge on any atom is -0.490 e. The number of ether oxygens (including phenoxy) is 1. The van der Waals surface area contributed by atoms with E-state index in [0.29, 0.717) is 22.5 Å². The Morgan fingerprint density at radius 2 is 1.97 bits per heavy atom. The third-order valence-electron chi connectivity index (χ3n) is 5.25. The highest BCUT2D eigenvalue weighted by molar-refractivity contribution is 6.33. The molecule has 0 fully saturated rings. The molecule has 34 heavy (non-hydrogen) atoms. The van der Waals surface area contributed by atoms with Gasteiger partial charge in [0.25, 0.3) is 0 Å². The number of hydrogen-bond donors (Lipinski definition) is 2. The molecule has 4 rings (SSSR count). The molecule has 0 saturated carbocycles. The Morgan fingerprint density at radius 3 is 2.59 bits per heavy atom. The zero-order valence-electron chi connectivity index (χ0n) is 18.4. The van der Waals surface area contributed by atoms with Gasteiger partial charge in [0, 0.05) is 35.6 Å². The summed E-state index contributed by atoms with van der Waals surface area (Å²) in [4.78, 5) is 23.6. The summed E-state index contributed by atoms with van der Waals surface area (Å²) in [6, 6.07) is 4.24. The van der Waals surface area contributed by atoms with Crippen LogP contribution in [0.4, 0.5) is 10.2 Å². The largest absolute Gasteiger partial charge is 0.490 e. The highest BCUT2D eigenvalue weighted by Crippen LogP contribution is 2.44. The van der Waals surface area contributed by atoms with Gasteiger partial charge in [-0.15, -0.1) is 0 Å². The average molecular weight is 504 g/mol. The SMILES string of the molecule is CC(C)Oc1c(C(C)c2nc(Cl)c3c(N)nccn23)cc(Cl)c(F)c1-c1ccc(C(=O)O)nc1. The van der Waals surface area contributed by atoms with E-state index in [0.717, 1.165) is 0 Å². The van der Waals surface area contributed by atoms with Crippen LogP contribution in [-0.4, -0.2) is 36.5 Å². The van der Waals surface area contributed by atoms with Gasteiger partial charge in [0.1, 0.15) is 22.8 Å². The molecular formula is C23H20Cl2FN5O3. The van der Waals surface area contributed by atoms with Crippen molar-refractivity contribution < 1.29 is 19.0 Å². The molecule has 176 valence electrons. The van der Waals surface area contributed by atoms with Crippen molar-refractivity contribution in [3.8, 4) is 16.9 Å². The number of benzene rings is 1. The Kier molecular flexibility index (Phi) is 6.33. The van der Waals surface area contributed by atoms with Gasteiger partial charge in [-0.25, -0.2) is 24.1 Å². The van der Waals surface area contributed by atoms with E-state index in [2.05, 4.69) is 15.0 Å². The Balaban J connectivity index is 1.96. The number of nitrogens with zero attached hydrogens (tertiary/aromatic N) is 4. The third-order valence-corrected chi connectivity index (χ3v) is 5.79. The summed E-state index contributed by atoms with van der Waals surface area (Å²) in [6.07, 6.45) is 4.17. The molecule has 3 N–H and O–H groups in total. The molecule has 0 amide bonds. The highest BCUT2D eigenvalue weighted by atomic mass is 35.5. The molecule has 0 aliphatic rings. The fourth-order valence-electron chi connectivity index (χ4n) is 3.73. The minimum absolute atomic E-state index is 0.0700. The van der Waals surface area contributed by atoms with E-state index in [1.165, 1.54) is 30.6 Å². The molecule has 8 nitrogen and oxygen atoms in total. The summed E-state index contributed by atoms with van der Waals surface area (Å²) < 4.78 is 23.2. The molecule has 4 aromatic rings. The second-order valence-electron chi connectivity index (χ2n) is 7.88. The molecule has 3 heterocycles. The molecule has 0 saturated heterocycles. The summed E-state index contributed by atoms with van der Waals surface area (Å²) in [5, 5.41) is 9.20. The predicted octanol–water partition coefficient (Wildman–Crippen LogP) is 5.46. The van der Waals surface area contributed by atoms with Crippen molar-refractivity contribution in [2.45, 2.75) is 32.8 Å². The number of rotatable bonds is 6. The second kappa shape index (κ2) is 9.08. The number of carboxylic acids is 1. The van der Waals surface area contributed by atoms with E-state index in [1.807, 2.05) is 20.8 Å². The summed E-state index contributed by atoms with van der Waals surface area (Å²) in [7, 11) is 0. The number of carbonyl (C=O) groups is 1. The zero-order valence-corrected chi connectivity index (χ0v) is 19.9. The van der Waals surface area contributed by atoms with Crippen LogP contribution in [0.2, 0.25) is 10.2 Å². The summed E-state index contributed by atoms with van der Waals surface area (Å²) in [5.41, 5.74) is 7.20. The van der Waals surface area contributed by atoms with Gasteiger partial charge in [0.05, 0.1) is 16.7 Å². The third kappa shape index (κ3) is 4.12. The summed E-state index contributed by atoms with van der Waals surface area (Å²) >= 11 is 12.6. The van der Waals surface area contributed by atoms with Gasteiger partial charge < -0.3 is 15.6 Å². The maximum Gasteiger partial charge on any atom is 0.354 e. The number of pyridine rings is 1. The van der Waals surface area contributed by atoms with Crippen molar-refractivity contribution in [2.75, 3.05) is 5.73 Å². The molecular weight excluding hydrogens is 484 g/mol. The van der Waals surface area contributed by atoms with E-state index in [4.69, 9.17) is 38.8 Å². The molecule has 1 aromatic carbocycles. The van der Waals surface area contributed by atoms with E-state index < -0.39 is 17.7 Å². The number of hydrogen-bond acceptors (Lipinski definition) is 6. The number of nitrogens with two attached hydrogens (primary N) is 1. The first-order valence-corrected chi connectivity index (χ1v) is 11.0. The number of imidazole rings is 1. The van der Waals surface area contributed by atoms with Crippen LogP contribution in [0.5, 0.6) is 5.75 Å². The van der Waals surface area contributed by atoms with Gasteiger partial charge in [-0.1, -0.05) is 36.2 Å². The van der Waals surface area contributed by atoms with E-state index >= 15 is 4.39 Å². The normalized spacial score (nSPS) is 12.3. The second-order valence-corrected chi connectivity index (χ2v) is 8.65. The minimum atomic E-state index is -1.19. The number of aromatic nitrogens is 4. The van der Waals surface area contributed by atoms with Crippen LogP contribution in [0, 0.1) is 5.82 Å². The lowest BCUT2D eigenvalue weighted by molar-refractivity contribution is 0.0690. The van der Waals surface area contributed by atoms with Gasteiger partial charge in [-0.2, -0.15) is 0 Å². The van der Waals surface area contributed by atoms with Crippen molar-refractivity contribution in [1.29, 1.82) is 0 Å². The molecule has 0 spiro atoms. The highest BCUT2D eigenvalue weighted by Gasteiger charge is 2.28. The smallest absolute Gasteiger partial charge is 0.354 e. The monoisotopic (exact) mass is 503 g/mol. The van der Waals surface area contributed by atoms with Gasteiger partial charge in [-0.3, -0.25) is 4.40 Å². The summed E-state index contributed by atoms with van der Waals surface area (Å²) in [6.45, 7) is 5.48. The van der Waals surface area contributed by atoms with E-state index in [1.54, 1.807) is 10.6 Å². The Morgan fingerprint density at radius 1 is 1.24 bits per heavy atom. The molecule has 0 aliphatic heterocycles. The number of carboxylic acid groups (broad SMARTS) is 1. The van der Waals surface area contributed by atoms with Gasteiger partial charge in [-0.05, 0) is 26.0 Å². The van der Waals surface area contributed by atoms with Crippen molar-refractivity contribution in [3.63, 3.8) is 0 Å². The topological polar surface area (TPSA) is 116 Å². The van der Waals surface area contributed by atoms with Crippen molar-refractivity contribution >= 4 is 40.5 Å². The number of anilines is 1. The van der Waals surface area contributed by atoms with Gasteiger partial charge in [0.2, 0.25) is 0 Å². The lowest BCUT2D eigenvalue weighted by atomic mass is 9.93. The molecule has 1 atom stereocenters. The molecule has 1 unspecified atom stereocenters.